The summed E-state index contributed by atoms with van der Waals surface area (Å²) in [7, 11) is 0. The molecule has 0 bridgehead atoms. The quantitative estimate of drug-likeness (QED) is 0.585. The third-order valence-corrected chi connectivity index (χ3v) is 3.74. The van der Waals surface area contributed by atoms with E-state index in [0.717, 1.165) is 12.6 Å². The molecule has 12 heavy (non-hydrogen) atoms. The smallest absolute Gasteiger partial charge is 0.0728 e. The van der Waals surface area contributed by atoms with Crippen LogP contribution < -0.4 is 0 Å². The van der Waals surface area contributed by atoms with Crippen molar-refractivity contribution in [2.45, 2.75) is 43.7 Å². The predicted molar refractivity (Wildman–Crippen MR) is 47.1 cm³/mol. The predicted octanol–water partition coefficient (Wildman–Crippen LogP) is 1.40. The van der Waals surface area contributed by atoms with Gasteiger partial charge in [0.05, 0.1) is 12.2 Å². The Balaban J connectivity index is 1.57. The summed E-state index contributed by atoms with van der Waals surface area (Å²) in [6.45, 7) is 3.61. The first-order chi connectivity index (χ1) is 5.88. The topological polar surface area (TPSA) is 12.5 Å². The zero-order valence-electron chi connectivity index (χ0n) is 7.59. The molecule has 1 spiro atoms. The van der Waals surface area contributed by atoms with E-state index in [9.17, 15) is 0 Å². The summed E-state index contributed by atoms with van der Waals surface area (Å²) in [5.41, 5.74) is 0.353. The Labute approximate surface area is 73.9 Å². The zero-order chi connectivity index (χ0) is 8.02. The molecular formula is C10H17NO. The summed E-state index contributed by atoms with van der Waals surface area (Å²) in [6.07, 6.45) is 6.82. The van der Waals surface area contributed by atoms with E-state index in [0.29, 0.717) is 5.60 Å². The van der Waals surface area contributed by atoms with Gasteiger partial charge in [0.25, 0.3) is 0 Å². The first-order valence-corrected chi connectivity index (χ1v) is 5.26. The lowest BCUT2D eigenvalue weighted by Gasteiger charge is -2.47. The lowest BCUT2D eigenvalue weighted by Crippen LogP contribution is -2.52. The molecule has 2 aliphatic heterocycles. The minimum absolute atomic E-state index is 0.353. The highest BCUT2D eigenvalue weighted by molar-refractivity contribution is 4.96. The summed E-state index contributed by atoms with van der Waals surface area (Å²) in [5, 5.41) is 0. The Morgan fingerprint density at radius 2 is 1.75 bits per heavy atom. The van der Waals surface area contributed by atoms with Crippen molar-refractivity contribution >= 4 is 0 Å². The fourth-order valence-electron chi connectivity index (χ4n) is 2.52. The highest BCUT2D eigenvalue weighted by Gasteiger charge is 2.43. The third-order valence-electron chi connectivity index (χ3n) is 3.74. The molecule has 2 saturated heterocycles. The van der Waals surface area contributed by atoms with Crippen LogP contribution in [0.3, 0.4) is 0 Å². The van der Waals surface area contributed by atoms with Crippen LogP contribution in [0.5, 0.6) is 0 Å². The molecule has 3 aliphatic rings. The van der Waals surface area contributed by atoms with Crippen LogP contribution in [0.1, 0.15) is 32.1 Å². The van der Waals surface area contributed by atoms with Gasteiger partial charge in [-0.2, -0.15) is 0 Å². The van der Waals surface area contributed by atoms with E-state index in [1.165, 1.54) is 45.2 Å². The fourth-order valence-corrected chi connectivity index (χ4v) is 2.52. The van der Waals surface area contributed by atoms with Crippen molar-refractivity contribution in [1.29, 1.82) is 0 Å². The Morgan fingerprint density at radius 3 is 2.17 bits per heavy atom. The molecule has 0 radical (unpaired) electrons. The van der Waals surface area contributed by atoms with Crippen molar-refractivity contribution in [2.24, 2.45) is 0 Å². The molecule has 1 saturated carbocycles. The van der Waals surface area contributed by atoms with Gasteiger partial charge in [0.2, 0.25) is 0 Å². The number of ether oxygens (including phenoxy) is 1. The molecule has 2 heterocycles. The Kier molecular flexibility index (Phi) is 1.50. The van der Waals surface area contributed by atoms with E-state index >= 15 is 0 Å². The van der Waals surface area contributed by atoms with Crippen molar-refractivity contribution in [1.82, 2.24) is 4.90 Å². The number of likely N-dealkylation sites (tertiary alicyclic amines) is 1. The van der Waals surface area contributed by atoms with Crippen LogP contribution in [0.15, 0.2) is 0 Å². The van der Waals surface area contributed by atoms with Gasteiger partial charge in [-0.25, -0.2) is 0 Å². The number of nitrogens with zero attached hydrogens (tertiary/aromatic N) is 1. The van der Waals surface area contributed by atoms with Crippen LogP contribution in [-0.2, 0) is 4.74 Å². The monoisotopic (exact) mass is 167 g/mol. The van der Waals surface area contributed by atoms with Crippen molar-refractivity contribution in [3.63, 3.8) is 0 Å². The number of rotatable bonds is 1. The molecule has 0 unspecified atom stereocenters. The second kappa shape index (κ2) is 2.46. The molecule has 0 N–H and O–H groups in total. The van der Waals surface area contributed by atoms with E-state index in [4.69, 9.17) is 4.74 Å². The highest BCUT2D eigenvalue weighted by atomic mass is 16.5. The molecule has 3 fully saturated rings. The summed E-state index contributed by atoms with van der Waals surface area (Å²) in [5.74, 6) is 0. The molecule has 0 aromatic heterocycles. The number of piperidine rings is 1. The molecule has 0 aromatic rings. The number of hydrogen-bond donors (Lipinski definition) is 0. The SMILES string of the molecule is C1CC2(CCN(C3CC3)CC2)O1. The molecule has 2 nitrogen and oxygen atoms in total. The van der Waals surface area contributed by atoms with Crippen molar-refractivity contribution in [3.8, 4) is 0 Å². The Hall–Kier alpha value is -0.0800. The van der Waals surface area contributed by atoms with Crippen LogP contribution >= 0.6 is 0 Å². The van der Waals surface area contributed by atoms with Gasteiger partial charge in [0.15, 0.2) is 0 Å². The highest BCUT2D eigenvalue weighted by Crippen LogP contribution is 2.39. The second-order valence-corrected chi connectivity index (χ2v) is 4.55. The third kappa shape index (κ3) is 1.09. The maximum Gasteiger partial charge on any atom is 0.0728 e. The Bertz CT molecular complexity index is 174. The van der Waals surface area contributed by atoms with Crippen LogP contribution in [0.4, 0.5) is 0 Å². The molecular weight excluding hydrogens is 150 g/mol. The molecule has 0 aromatic carbocycles. The molecule has 3 rings (SSSR count). The van der Waals surface area contributed by atoms with Crippen molar-refractivity contribution in [2.75, 3.05) is 19.7 Å². The van der Waals surface area contributed by atoms with Gasteiger partial charge in [-0.3, -0.25) is 0 Å². The molecule has 0 atom stereocenters. The van der Waals surface area contributed by atoms with Crippen LogP contribution in [0, 0.1) is 0 Å². The van der Waals surface area contributed by atoms with E-state index < -0.39 is 0 Å². The van der Waals surface area contributed by atoms with Gasteiger partial charge >= 0.3 is 0 Å². The first-order valence-electron chi connectivity index (χ1n) is 5.26. The second-order valence-electron chi connectivity index (χ2n) is 4.55. The van der Waals surface area contributed by atoms with Gasteiger partial charge in [-0.15, -0.1) is 0 Å². The van der Waals surface area contributed by atoms with E-state index in [-0.39, 0.29) is 0 Å². The summed E-state index contributed by atoms with van der Waals surface area (Å²) in [6, 6.07) is 0.961. The maximum atomic E-state index is 5.68. The largest absolute Gasteiger partial charge is 0.375 e. The maximum absolute atomic E-state index is 5.68. The van der Waals surface area contributed by atoms with Gasteiger partial charge in [0, 0.05) is 19.1 Å². The van der Waals surface area contributed by atoms with Crippen molar-refractivity contribution in [3.05, 3.63) is 0 Å². The molecule has 0 amide bonds. The van der Waals surface area contributed by atoms with Crippen molar-refractivity contribution < 1.29 is 4.74 Å². The normalized spacial score (nSPS) is 35.0. The van der Waals surface area contributed by atoms with Gasteiger partial charge in [0.1, 0.15) is 0 Å². The van der Waals surface area contributed by atoms with Gasteiger partial charge < -0.3 is 9.64 Å². The van der Waals surface area contributed by atoms with Crippen LogP contribution in [-0.4, -0.2) is 36.2 Å². The minimum Gasteiger partial charge on any atom is -0.375 e. The van der Waals surface area contributed by atoms with Gasteiger partial charge in [-0.1, -0.05) is 0 Å². The average molecular weight is 167 g/mol. The summed E-state index contributed by atoms with van der Waals surface area (Å²) >= 11 is 0. The van der Waals surface area contributed by atoms with E-state index in [1.807, 2.05) is 0 Å². The number of hydrogen-bond acceptors (Lipinski definition) is 2. The molecule has 68 valence electrons. The summed E-state index contributed by atoms with van der Waals surface area (Å²) in [4.78, 5) is 2.66. The van der Waals surface area contributed by atoms with E-state index in [1.54, 1.807) is 0 Å². The lowest BCUT2D eigenvalue weighted by molar-refractivity contribution is -0.173. The molecule has 2 heteroatoms. The van der Waals surface area contributed by atoms with E-state index in [2.05, 4.69) is 4.90 Å². The van der Waals surface area contributed by atoms with Crippen LogP contribution in [0.2, 0.25) is 0 Å². The molecule has 1 aliphatic carbocycles. The Morgan fingerprint density at radius 1 is 1.08 bits per heavy atom. The van der Waals surface area contributed by atoms with Crippen LogP contribution in [0.25, 0.3) is 0 Å². The average Bonchev–Trinajstić information content (AvgIpc) is 2.84. The zero-order valence-corrected chi connectivity index (χ0v) is 7.59. The minimum atomic E-state index is 0.353. The lowest BCUT2D eigenvalue weighted by atomic mass is 9.84. The standard InChI is InChI=1S/C10H17NO/c1-2-9(1)11-6-3-10(4-7-11)5-8-12-10/h9H,1-8H2. The van der Waals surface area contributed by atoms with Gasteiger partial charge in [-0.05, 0) is 32.1 Å². The first kappa shape index (κ1) is 7.34. The fraction of sp³-hybridized carbons (Fsp3) is 1.00. The summed E-state index contributed by atoms with van der Waals surface area (Å²) < 4.78 is 5.68.